The summed E-state index contributed by atoms with van der Waals surface area (Å²) in [6.07, 6.45) is 0.391. The van der Waals surface area contributed by atoms with E-state index in [0.717, 1.165) is 0 Å². The van der Waals surface area contributed by atoms with Crippen molar-refractivity contribution in [2.24, 2.45) is 5.92 Å². The van der Waals surface area contributed by atoms with Crippen LogP contribution in [0.5, 0.6) is 0 Å². The predicted molar refractivity (Wildman–Crippen MR) is 103 cm³/mol. The molecule has 2 atom stereocenters. The number of halogens is 1. The smallest absolute Gasteiger partial charge is 0.261 e. The standard InChI is InChI=1S/C21H27FO2Si/c1-20(2,3)25(18-10-6-4-7-11-18,19-12-8-5-9-13-19)24-15-17-14-21(17,22)16-23/h4-13,17,23H,14-16H2,1-3H3/t17-,21+/m1/s1. The minimum absolute atomic E-state index is 0.108. The Morgan fingerprint density at radius 2 is 1.52 bits per heavy atom. The van der Waals surface area contributed by atoms with Crippen molar-refractivity contribution in [3.05, 3.63) is 60.7 Å². The molecule has 0 unspecified atom stereocenters. The van der Waals surface area contributed by atoms with Crippen LogP contribution < -0.4 is 10.4 Å². The molecule has 2 nitrogen and oxygen atoms in total. The van der Waals surface area contributed by atoms with E-state index in [1.807, 2.05) is 36.4 Å². The molecule has 3 rings (SSSR count). The molecule has 0 saturated heterocycles. The van der Waals surface area contributed by atoms with Gasteiger partial charge in [0.05, 0.1) is 6.61 Å². The average Bonchev–Trinajstić information content (AvgIpc) is 3.27. The Kier molecular flexibility index (Phi) is 4.88. The zero-order valence-corrected chi connectivity index (χ0v) is 16.2. The van der Waals surface area contributed by atoms with Gasteiger partial charge in [0.15, 0.2) is 0 Å². The highest BCUT2D eigenvalue weighted by Crippen LogP contribution is 2.48. The first kappa shape index (κ1) is 18.3. The second-order valence-corrected chi connectivity index (χ2v) is 12.4. The van der Waals surface area contributed by atoms with Gasteiger partial charge in [-0.1, -0.05) is 81.4 Å². The third kappa shape index (κ3) is 3.31. The maximum atomic E-state index is 14.3. The van der Waals surface area contributed by atoms with Gasteiger partial charge in [-0.25, -0.2) is 4.39 Å². The summed E-state index contributed by atoms with van der Waals surface area (Å²) in [5, 5.41) is 11.5. The summed E-state index contributed by atoms with van der Waals surface area (Å²) in [6.45, 7) is 6.56. The Bertz CT molecular complexity index is 659. The highest BCUT2D eigenvalue weighted by atomic mass is 28.4. The van der Waals surface area contributed by atoms with Crippen LogP contribution in [0.2, 0.25) is 5.04 Å². The van der Waals surface area contributed by atoms with Crippen LogP contribution in [0.1, 0.15) is 27.2 Å². The van der Waals surface area contributed by atoms with Gasteiger partial charge in [-0.05, 0) is 21.8 Å². The normalized spacial score (nSPS) is 23.5. The van der Waals surface area contributed by atoms with Crippen molar-refractivity contribution in [2.45, 2.75) is 37.9 Å². The van der Waals surface area contributed by atoms with E-state index >= 15 is 0 Å². The van der Waals surface area contributed by atoms with Crippen LogP contribution in [0.25, 0.3) is 0 Å². The molecule has 1 N–H and O–H groups in total. The van der Waals surface area contributed by atoms with Crippen LogP contribution in [0.4, 0.5) is 4.39 Å². The molecular formula is C21H27FO2Si. The summed E-state index contributed by atoms with van der Waals surface area (Å²) in [7, 11) is -2.60. The van der Waals surface area contributed by atoms with E-state index in [4.69, 9.17) is 4.43 Å². The van der Waals surface area contributed by atoms with Crippen LogP contribution in [0, 0.1) is 5.92 Å². The van der Waals surface area contributed by atoms with E-state index in [9.17, 15) is 9.50 Å². The molecule has 0 spiro atoms. The molecule has 0 heterocycles. The lowest BCUT2D eigenvalue weighted by Crippen LogP contribution is -2.66. The molecule has 1 saturated carbocycles. The van der Waals surface area contributed by atoms with Gasteiger partial charge in [-0.3, -0.25) is 0 Å². The summed E-state index contributed by atoms with van der Waals surface area (Å²) in [5.74, 6) is -0.209. The Labute approximate surface area is 150 Å². The summed E-state index contributed by atoms with van der Waals surface area (Å²) in [5.41, 5.74) is -1.45. The van der Waals surface area contributed by atoms with Crippen molar-refractivity contribution in [3.63, 3.8) is 0 Å². The fourth-order valence-corrected chi connectivity index (χ4v) is 8.35. The minimum atomic E-state index is -2.60. The van der Waals surface area contributed by atoms with E-state index in [1.165, 1.54) is 10.4 Å². The zero-order valence-electron chi connectivity index (χ0n) is 15.2. The first-order valence-corrected chi connectivity index (χ1v) is 10.8. The Morgan fingerprint density at radius 1 is 1.04 bits per heavy atom. The van der Waals surface area contributed by atoms with Crippen LogP contribution in [0.15, 0.2) is 60.7 Å². The van der Waals surface area contributed by atoms with Gasteiger partial charge in [-0.15, -0.1) is 0 Å². The number of aliphatic hydroxyl groups excluding tert-OH is 1. The summed E-state index contributed by atoms with van der Waals surface area (Å²) in [4.78, 5) is 0. The van der Waals surface area contributed by atoms with Crippen molar-refractivity contribution in [3.8, 4) is 0 Å². The molecule has 1 aliphatic rings. The maximum absolute atomic E-state index is 14.3. The van der Waals surface area contributed by atoms with E-state index in [0.29, 0.717) is 13.0 Å². The number of alkyl halides is 1. The largest absolute Gasteiger partial charge is 0.407 e. The number of hydrogen-bond donors (Lipinski definition) is 1. The van der Waals surface area contributed by atoms with Crippen molar-refractivity contribution >= 4 is 18.7 Å². The summed E-state index contributed by atoms with van der Waals surface area (Å²) >= 11 is 0. The van der Waals surface area contributed by atoms with Crippen LogP contribution in [-0.4, -0.2) is 32.3 Å². The molecule has 4 heteroatoms. The monoisotopic (exact) mass is 358 g/mol. The Hall–Kier alpha value is -1.49. The zero-order chi connectivity index (χ0) is 18.1. The molecular weight excluding hydrogens is 331 g/mol. The fraction of sp³-hybridized carbons (Fsp3) is 0.429. The lowest BCUT2D eigenvalue weighted by Gasteiger charge is -2.43. The molecule has 2 aromatic rings. The molecule has 134 valence electrons. The number of benzene rings is 2. The van der Waals surface area contributed by atoms with Gasteiger partial charge in [0, 0.05) is 12.5 Å². The van der Waals surface area contributed by atoms with Crippen LogP contribution >= 0.6 is 0 Å². The van der Waals surface area contributed by atoms with E-state index in [1.54, 1.807) is 0 Å². The Morgan fingerprint density at radius 3 is 1.88 bits per heavy atom. The molecule has 25 heavy (non-hydrogen) atoms. The second kappa shape index (κ2) is 6.67. The van der Waals surface area contributed by atoms with Gasteiger partial charge in [0.2, 0.25) is 0 Å². The third-order valence-corrected chi connectivity index (χ3v) is 10.3. The highest BCUT2D eigenvalue weighted by Gasteiger charge is 2.57. The molecule has 2 aromatic carbocycles. The molecule has 0 radical (unpaired) electrons. The molecule has 0 aliphatic heterocycles. The van der Waals surface area contributed by atoms with Gasteiger partial charge < -0.3 is 9.53 Å². The third-order valence-electron chi connectivity index (χ3n) is 5.34. The minimum Gasteiger partial charge on any atom is -0.407 e. The van der Waals surface area contributed by atoms with Crippen LogP contribution in [-0.2, 0) is 4.43 Å². The first-order valence-electron chi connectivity index (χ1n) is 8.88. The van der Waals surface area contributed by atoms with Gasteiger partial charge in [-0.2, -0.15) is 0 Å². The first-order chi connectivity index (χ1) is 11.8. The SMILES string of the molecule is CC(C)(C)[Si](OC[C@H]1C[C@]1(F)CO)(c1ccccc1)c1ccccc1. The van der Waals surface area contributed by atoms with E-state index in [-0.39, 0.29) is 11.0 Å². The molecule has 0 bridgehead atoms. The molecule has 0 aromatic heterocycles. The lowest BCUT2D eigenvalue weighted by atomic mass is 10.2. The van der Waals surface area contributed by atoms with E-state index in [2.05, 4.69) is 45.0 Å². The number of aliphatic hydroxyl groups is 1. The second-order valence-electron chi connectivity index (χ2n) is 8.07. The molecule has 0 amide bonds. The van der Waals surface area contributed by atoms with Crippen molar-refractivity contribution < 1.29 is 13.9 Å². The van der Waals surface area contributed by atoms with Crippen molar-refractivity contribution in [1.29, 1.82) is 0 Å². The Balaban J connectivity index is 2.03. The van der Waals surface area contributed by atoms with Crippen molar-refractivity contribution in [1.82, 2.24) is 0 Å². The number of hydrogen-bond acceptors (Lipinski definition) is 2. The van der Waals surface area contributed by atoms with Gasteiger partial charge in [0.1, 0.15) is 5.67 Å². The fourth-order valence-electron chi connectivity index (χ4n) is 3.74. The van der Waals surface area contributed by atoms with Gasteiger partial charge in [0.25, 0.3) is 8.32 Å². The summed E-state index contributed by atoms with van der Waals surface area (Å²) < 4.78 is 20.9. The van der Waals surface area contributed by atoms with Crippen molar-refractivity contribution in [2.75, 3.05) is 13.2 Å². The molecule has 1 fully saturated rings. The van der Waals surface area contributed by atoms with E-state index < -0.39 is 20.6 Å². The summed E-state index contributed by atoms with van der Waals surface area (Å²) in [6, 6.07) is 20.7. The predicted octanol–water partition coefficient (Wildman–Crippen LogP) is 3.28. The topological polar surface area (TPSA) is 29.5 Å². The molecule has 1 aliphatic carbocycles. The van der Waals surface area contributed by atoms with Crippen LogP contribution in [0.3, 0.4) is 0 Å². The lowest BCUT2D eigenvalue weighted by molar-refractivity contribution is 0.130. The number of rotatable bonds is 6. The highest BCUT2D eigenvalue weighted by molar-refractivity contribution is 6.99. The quantitative estimate of drug-likeness (QED) is 0.803. The average molecular weight is 359 g/mol. The van der Waals surface area contributed by atoms with Gasteiger partial charge >= 0.3 is 0 Å². The maximum Gasteiger partial charge on any atom is 0.261 e.